The van der Waals surface area contributed by atoms with Crippen LogP contribution < -0.4 is 20.1 Å². The van der Waals surface area contributed by atoms with Crippen molar-refractivity contribution in [1.82, 2.24) is 5.32 Å². The van der Waals surface area contributed by atoms with Crippen molar-refractivity contribution in [3.63, 3.8) is 0 Å². The average molecular weight is 480 g/mol. The van der Waals surface area contributed by atoms with E-state index in [0.29, 0.717) is 39.3 Å². The van der Waals surface area contributed by atoms with E-state index in [4.69, 9.17) is 14.7 Å². The van der Waals surface area contributed by atoms with Crippen LogP contribution in [0.2, 0.25) is 0 Å². The fraction of sp³-hybridized carbons (Fsp3) is 0.167. The largest absolute Gasteiger partial charge is 0.493 e. The predicted molar refractivity (Wildman–Crippen MR) is 123 cm³/mol. The predicted octanol–water partition coefficient (Wildman–Crippen LogP) is 4.81. The maximum atomic E-state index is 13.2. The number of amides is 1. The van der Waals surface area contributed by atoms with E-state index in [2.05, 4.69) is 32.6 Å². The third-order valence-electron chi connectivity index (χ3n) is 4.71. The maximum absolute atomic E-state index is 13.2. The Bertz CT molecular complexity index is 1080. The Morgan fingerprint density at radius 2 is 1.68 bits per heavy atom. The summed E-state index contributed by atoms with van der Waals surface area (Å²) in [7, 11) is 3.11. The molecule has 0 saturated heterocycles. The van der Waals surface area contributed by atoms with E-state index in [9.17, 15) is 4.79 Å². The third kappa shape index (κ3) is 5.56. The molecule has 0 aliphatic carbocycles. The zero-order valence-corrected chi connectivity index (χ0v) is 18.8. The normalized spacial score (nSPS) is 11.2. The number of nitrogens with one attached hydrogen (secondary N) is 2. The molecule has 31 heavy (non-hydrogen) atoms. The van der Waals surface area contributed by atoms with Gasteiger partial charge in [-0.2, -0.15) is 5.26 Å². The number of carbonyl (C=O) groups excluding carboxylic acids is 1. The second kappa shape index (κ2) is 10.5. The van der Waals surface area contributed by atoms with Crippen molar-refractivity contribution in [3.8, 4) is 17.6 Å². The van der Waals surface area contributed by atoms with Gasteiger partial charge in [0.25, 0.3) is 0 Å². The number of nitriles is 1. The minimum atomic E-state index is -0.717. The number of methoxy groups -OCH3 is 2. The molecule has 0 bridgehead atoms. The molecule has 7 heteroatoms. The van der Waals surface area contributed by atoms with Gasteiger partial charge in [0.05, 0.1) is 25.9 Å². The molecule has 0 aliphatic rings. The van der Waals surface area contributed by atoms with Crippen LogP contribution in [0.25, 0.3) is 0 Å². The SMILES string of the molecule is COc1cc(Br)c([C@H](Nc2ccc(C#N)cc2)C(=O)NCc2ccccc2)cc1OC. The van der Waals surface area contributed by atoms with Crippen molar-refractivity contribution in [2.45, 2.75) is 12.6 Å². The van der Waals surface area contributed by atoms with Crippen molar-refractivity contribution in [2.24, 2.45) is 0 Å². The molecule has 3 aromatic carbocycles. The van der Waals surface area contributed by atoms with E-state index in [1.165, 1.54) is 0 Å². The van der Waals surface area contributed by atoms with E-state index in [-0.39, 0.29) is 5.91 Å². The number of halogens is 1. The molecule has 0 spiro atoms. The fourth-order valence-corrected chi connectivity index (χ4v) is 3.62. The highest BCUT2D eigenvalue weighted by atomic mass is 79.9. The smallest absolute Gasteiger partial charge is 0.247 e. The summed E-state index contributed by atoms with van der Waals surface area (Å²) in [5.41, 5.74) is 2.94. The minimum Gasteiger partial charge on any atom is -0.493 e. The van der Waals surface area contributed by atoms with Crippen LogP contribution in [-0.2, 0) is 11.3 Å². The van der Waals surface area contributed by atoms with Gasteiger partial charge in [0.1, 0.15) is 6.04 Å². The maximum Gasteiger partial charge on any atom is 0.247 e. The Balaban J connectivity index is 1.93. The molecule has 0 saturated carbocycles. The zero-order chi connectivity index (χ0) is 22.2. The van der Waals surface area contributed by atoms with Gasteiger partial charge in [-0.25, -0.2) is 0 Å². The van der Waals surface area contributed by atoms with Crippen LogP contribution in [0, 0.1) is 11.3 Å². The number of benzene rings is 3. The topological polar surface area (TPSA) is 83.4 Å². The molecular formula is C24H22BrN3O3. The molecule has 2 N–H and O–H groups in total. The molecule has 0 radical (unpaired) electrons. The van der Waals surface area contributed by atoms with Crippen molar-refractivity contribution >= 4 is 27.5 Å². The van der Waals surface area contributed by atoms with Gasteiger partial charge in [0, 0.05) is 22.3 Å². The Morgan fingerprint density at radius 1 is 1.03 bits per heavy atom. The summed E-state index contributed by atoms with van der Waals surface area (Å²) in [4.78, 5) is 13.2. The molecule has 158 valence electrons. The van der Waals surface area contributed by atoms with Crippen LogP contribution in [0.5, 0.6) is 11.5 Å². The summed E-state index contributed by atoms with van der Waals surface area (Å²) >= 11 is 3.55. The van der Waals surface area contributed by atoms with Gasteiger partial charge in [0.2, 0.25) is 5.91 Å². The number of hydrogen-bond acceptors (Lipinski definition) is 5. The first-order valence-electron chi connectivity index (χ1n) is 9.55. The number of ether oxygens (including phenoxy) is 2. The quantitative estimate of drug-likeness (QED) is 0.484. The Labute approximate surface area is 189 Å². The second-order valence-electron chi connectivity index (χ2n) is 6.70. The van der Waals surface area contributed by atoms with Crippen molar-refractivity contribution in [3.05, 3.63) is 87.9 Å². The summed E-state index contributed by atoms with van der Waals surface area (Å²) in [6.45, 7) is 0.399. The second-order valence-corrected chi connectivity index (χ2v) is 7.55. The van der Waals surface area contributed by atoms with Crippen LogP contribution in [0.15, 0.2) is 71.2 Å². The standard InChI is InChI=1S/C24H22BrN3O3/c1-30-21-12-19(20(25)13-22(21)31-2)23(28-18-10-8-16(14-26)9-11-18)24(29)27-15-17-6-4-3-5-7-17/h3-13,23,28H,15H2,1-2H3,(H,27,29)/t23-/m0/s1. The highest BCUT2D eigenvalue weighted by Gasteiger charge is 2.25. The molecule has 0 fully saturated rings. The van der Waals surface area contributed by atoms with Gasteiger partial charge < -0.3 is 20.1 Å². The van der Waals surface area contributed by atoms with E-state index < -0.39 is 6.04 Å². The number of hydrogen-bond donors (Lipinski definition) is 2. The first-order valence-corrected chi connectivity index (χ1v) is 10.3. The molecule has 1 amide bonds. The third-order valence-corrected chi connectivity index (χ3v) is 5.40. The van der Waals surface area contributed by atoms with E-state index in [1.807, 2.05) is 30.3 Å². The number of rotatable bonds is 8. The van der Waals surface area contributed by atoms with Crippen molar-refractivity contribution < 1.29 is 14.3 Å². The summed E-state index contributed by atoms with van der Waals surface area (Å²) in [5, 5.41) is 15.3. The van der Waals surface area contributed by atoms with Gasteiger partial charge in [-0.15, -0.1) is 0 Å². The number of anilines is 1. The Morgan fingerprint density at radius 3 is 2.29 bits per heavy atom. The summed E-state index contributed by atoms with van der Waals surface area (Å²) in [6, 6.07) is 21.6. The average Bonchev–Trinajstić information content (AvgIpc) is 2.82. The van der Waals surface area contributed by atoms with Gasteiger partial charge in [-0.1, -0.05) is 46.3 Å². The van der Waals surface area contributed by atoms with E-state index in [1.54, 1.807) is 50.6 Å². The summed E-state index contributed by atoms with van der Waals surface area (Å²) < 4.78 is 11.5. The van der Waals surface area contributed by atoms with Crippen LogP contribution >= 0.6 is 15.9 Å². The van der Waals surface area contributed by atoms with E-state index in [0.717, 1.165) is 5.56 Å². The first kappa shape index (κ1) is 22.2. The fourth-order valence-electron chi connectivity index (χ4n) is 3.07. The zero-order valence-electron chi connectivity index (χ0n) is 17.2. The van der Waals surface area contributed by atoms with Gasteiger partial charge in [0.15, 0.2) is 11.5 Å². The molecule has 0 unspecified atom stereocenters. The highest BCUT2D eigenvalue weighted by molar-refractivity contribution is 9.10. The lowest BCUT2D eigenvalue weighted by Crippen LogP contribution is -2.33. The van der Waals surface area contributed by atoms with Crippen LogP contribution in [0.1, 0.15) is 22.7 Å². The number of carbonyl (C=O) groups is 1. The lowest BCUT2D eigenvalue weighted by Gasteiger charge is -2.22. The molecule has 0 heterocycles. The first-order chi connectivity index (χ1) is 15.0. The molecule has 6 nitrogen and oxygen atoms in total. The van der Waals surface area contributed by atoms with Gasteiger partial charge in [-0.05, 0) is 42.0 Å². The van der Waals surface area contributed by atoms with Gasteiger partial charge in [-0.3, -0.25) is 4.79 Å². The van der Waals surface area contributed by atoms with Gasteiger partial charge >= 0.3 is 0 Å². The Kier molecular flexibility index (Phi) is 7.52. The van der Waals surface area contributed by atoms with Crippen LogP contribution in [0.4, 0.5) is 5.69 Å². The Hall–Kier alpha value is -3.50. The van der Waals surface area contributed by atoms with Crippen molar-refractivity contribution in [1.29, 1.82) is 5.26 Å². The molecule has 3 rings (SSSR count). The lowest BCUT2D eigenvalue weighted by molar-refractivity contribution is -0.122. The monoisotopic (exact) mass is 479 g/mol. The van der Waals surface area contributed by atoms with Crippen molar-refractivity contribution in [2.75, 3.05) is 19.5 Å². The number of nitrogens with zero attached hydrogens (tertiary/aromatic N) is 1. The summed E-state index contributed by atoms with van der Waals surface area (Å²) in [5.74, 6) is 0.865. The molecule has 0 aromatic heterocycles. The molecule has 3 aromatic rings. The molecular weight excluding hydrogens is 458 g/mol. The minimum absolute atomic E-state index is 0.207. The van der Waals surface area contributed by atoms with Crippen LogP contribution in [0.3, 0.4) is 0 Å². The van der Waals surface area contributed by atoms with E-state index >= 15 is 0 Å². The highest BCUT2D eigenvalue weighted by Crippen LogP contribution is 2.37. The van der Waals surface area contributed by atoms with Crippen LogP contribution in [-0.4, -0.2) is 20.1 Å². The molecule has 0 aliphatic heterocycles. The summed E-state index contributed by atoms with van der Waals surface area (Å²) in [6.07, 6.45) is 0. The lowest BCUT2D eigenvalue weighted by atomic mass is 10.0. The molecule has 1 atom stereocenters.